The molecule has 4 nitrogen and oxygen atoms in total. The summed E-state index contributed by atoms with van der Waals surface area (Å²) in [4.78, 5) is 13.7. The van der Waals surface area contributed by atoms with Crippen molar-refractivity contribution in [3.05, 3.63) is 57.6 Å². The molecule has 2 N–H and O–H groups in total. The van der Waals surface area contributed by atoms with Crippen LogP contribution in [0.1, 0.15) is 60.1 Å². The number of nitrogens with zero attached hydrogens (tertiary/aromatic N) is 1. The largest absolute Gasteiger partial charge is 0.507 e. The molecular weight excluding hydrogens is 350 g/mol. The molecule has 0 aromatic heterocycles. The molecule has 0 aliphatic carbocycles. The lowest BCUT2D eigenvalue weighted by Crippen LogP contribution is -2.37. The molecule has 1 amide bonds. The topological polar surface area (TPSA) is 57.5 Å². The van der Waals surface area contributed by atoms with Crippen LogP contribution >= 0.6 is 0 Å². The van der Waals surface area contributed by atoms with Gasteiger partial charge in [0.2, 0.25) is 0 Å². The lowest BCUT2D eigenvalue weighted by atomic mass is 9.84. The van der Waals surface area contributed by atoms with Gasteiger partial charge in [0.1, 0.15) is 11.5 Å². The van der Waals surface area contributed by atoms with E-state index in [-0.39, 0.29) is 21.9 Å². The second-order valence-electron chi connectivity index (χ2n) is 8.39. The van der Waals surface area contributed by atoms with Gasteiger partial charge in [-0.1, -0.05) is 37.1 Å². The van der Waals surface area contributed by atoms with E-state index in [0.29, 0.717) is 24.2 Å². The van der Waals surface area contributed by atoms with Crippen molar-refractivity contribution in [3.8, 4) is 11.5 Å². The first-order valence-corrected chi connectivity index (χ1v) is 10.2. The lowest BCUT2D eigenvalue weighted by molar-refractivity contribution is -0.797. The van der Waals surface area contributed by atoms with Crippen LogP contribution in [0.5, 0.6) is 11.5 Å². The maximum atomic E-state index is 13.7. The molecule has 3 rings (SSSR count). The Bertz CT molecular complexity index is 882. The third-order valence-electron chi connectivity index (χ3n) is 6.17. The molecule has 0 unspecified atom stereocenters. The zero-order valence-electron chi connectivity index (χ0n) is 17.9. The Morgan fingerprint density at radius 1 is 0.786 bits per heavy atom. The van der Waals surface area contributed by atoms with Crippen molar-refractivity contribution in [3.63, 3.8) is 0 Å². The van der Waals surface area contributed by atoms with Crippen LogP contribution in [0.3, 0.4) is 0 Å². The van der Waals surface area contributed by atoms with Crippen LogP contribution in [0.2, 0.25) is 0 Å². The molecule has 2 aromatic rings. The van der Waals surface area contributed by atoms with Gasteiger partial charge >= 0.3 is 5.91 Å². The average Bonchev–Trinajstić information content (AvgIpc) is 3.13. The van der Waals surface area contributed by atoms with Crippen molar-refractivity contribution >= 4 is 5.91 Å². The van der Waals surface area contributed by atoms with E-state index in [1.807, 2.05) is 52.0 Å². The van der Waals surface area contributed by atoms with E-state index in [1.54, 1.807) is 0 Å². The molecular formula is C24H32NO3+. The zero-order chi connectivity index (χ0) is 20.9. The number of phenols is 2. The molecule has 1 fully saturated rings. The van der Waals surface area contributed by atoms with Crippen LogP contribution in [0, 0.1) is 27.7 Å². The molecule has 150 valence electrons. The summed E-state index contributed by atoms with van der Waals surface area (Å²) in [7, 11) is 0. The highest BCUT2D eigenvalue weighted by Gasteiger charge is 2.83. The zero-order valence-corrected chi connectivity index (χ0v) is 17.9. The Labute approximate surface area is 168 Å². The standard InChI is InChI=1S/C24H31NO3/c1-7-9-25(10-8-2)23(28)24(25,19-13-15(3)11-17(5)21(19)26)20-14-16(4)12-18(6)22(20)27/h11-14H,7-10H2,1-6H3,(H-,26,27)/p+1. The van der Waals surface area contributed by atoms with Gasteiger partial charge in [-0.05, 0) is 63.8 Å². The Kier molecular flexibility index (Phi) is 5.05. The number of rotatable bonds is 6. The molecule has 1 aliphatic rings. The summed E-state index contributed by atoms with van der Waals surface area (Å²) in [6.07, 6.45) is 1.70. The SMILES string of the molecule is CCC[N+]1(CCC)C(=O)C1(c1cc(C)cc(C)c1O)c1cc(C)cc(C)c1O. The fourth-order valence-electron chi connectivity index (χ4n) is 5.14. The predicted octanol–water partition coefficient (Wildman–Crippen LogP) is 4.75. The molecule has 1 aliphatic heterocycles. The number of amides is 1. The van der Waals surface area contributed by atoms with E-state index in [1.165, 1.54) is 0 Å². The van der Waals surface area contributed by atoms with Gasteiger partial charge in [0, 0.05) is 0 Å². The highest BCUT2D eigenvalue weighted by Crippen LogP contribution is 2.62. The van der Waals surface area contributed by atoms with E-state index in [0.717, 1.165) is 35.1 Å². The smallest absolute Gasteiger partial charge is 0.387 e. The van der Waals surface area contributed by atoms with Crippen LogP contribution < -0.4 is 0 Å². The Hall–Kier alpha value is -2.33. The number of phenolic OH excluding ortho intramolecular Hbond substituents is 2. The summed E-state index contributed by atoms with van der Waals surface area (Å²) in [5, 5.41) is 22.1. The van der Waals surface area contributed by atoms with Gasteiger partial charge in [-0.3, -0.25) is 0 Å². The minimum atomic E-state index is -1.05. The molecule has 0 radical (unpaired) electrons. The second kappa shape index (κ2) is 6.93. The van der Waals surface area contributed by atoms with E-state index >= 15 is 0 Å². The molecule has 0 bridgehead atoms. The van der Waals surface area contributed by atoms with Crippen LogP contribution in [0.4, 0.5) is 0 Å². The maximum absolute atomic E-state index is 13.7. The van der Waals surface area contributed by atoms with Gasteiger partial charge in [0.25, 0.3) is 5.54 Å². The van der Waals surface area contributed by atoms with Gasteiger partial charge in [-0.25, -0.2) is 9.28 Å². The Morgan fingerprint density at radius 3 is 1.54 bits per heavy atom. The van der Waals surface area contributed by atoms with Gasteiger partial charge in [-0.2, -0.15) is 0 Å². The Balaban J connectivity index is 2.44. The number of benzene rings is 2. The van der Waals surface area contributed by atoms with Crippen molar-refractivity contribution < 1.29 is 19.5 Å². The monoisotopic (exact) mass is 382 g/mol. The molecule has 4 heteroatoms. The highest BCUT2D eigenvalue weighted by molar-refractivity contribution is 5.99. The molecule has 0 atom stereocenters. The summed E-state index contributed by atoms with van der Waals surface area (Å²) < 4.78 is 0.257. The Morgan fingerprint density at radius 2 is 1.18 bits per heavy atom. The first kappa shape index (κ1) is 20.4. The molecule has 0 saturated carbocycles. The molecule has 2 aromatic carbocycles. The number of quaternary nitrogens is 1. The number of aryl methyl sites for hydroxylation is 4. The van der Waals surface area contributed by atoms with Gasteiger partial charge in [0.05, 0.1) is 24.2 Å². The number of hydrogen-bond acceptors (Lipinski definition) is 3. The highest BCUT2D eigenvalue weighted by atomic mass is 16.3. The van der Waals surface area contributed by atoms with Crippen molar-refractivity contribution in [1.82, 2.24) is 0 Å². The first-order valence-electron chi connectivity index (χ1n) is 10.2. The quantitative estimate of drug-likeness (QED) is 0.560. The average molecular weight is 383 g/mol. The van der Waals surface area contributed by atoms with E-state index in [2.05, 4.69) is 13.8 Å². The minimum Gasteiger partial charge on any atom is -0.507 e. The predicted molar refractivity (Wildman–Crippen MR) is 112 cm³/mol. The number of carbonyl (C=O) groups excluding carboxylic acids is 1. The summed E-state index contributed by atoms with van der Waals surface area (Å²) in [6, 6.07) is 7.69. The molecule has 0 spiro atoms. The fourth-order valence-corrected chi connectivity index (χ4v) is 5.14. The number of hydrogen-bond donors (Lipinski definition) is 2. The van der Waals surface area contributed by atoms with Gasteiger partial charge in [0.15, 0.2) is 0 Å². The lowest BCUT2D eigenvalue weighted by Gasteiger charge is -2.26. The fraction of sp³-hybridized carbons (Fsp3) is 0.458. The third-order valence-corrected chi connectivity index (χ3v) is 6.17. The maximum Gasteiger partial charge on any atom is 0.387 e. The van der Waals surface area contributed by atoms with Gasteiger partial charge < -0.3 is 10.2 Å². The molecule has 28 heavy (non-hydrogen) atoms. The summed E-state index contributed by atoms with van der Waals surface area (Å²) in [5.74, 6) is 0.381. The van der Waals surface area contributed by atoms with Crippen molar-refractivity contribution in [1.29, 1.82) is 0 Å². The summed E-state index contributed by atoms with van der Waals surface area (Å²) in [6.45, 7) is 13.2. The van der Waals surface area contributed by atoms with Gasteiger partial charge in [-0.15, -0.1) is 0 Å². The summed E-state index contributed by atoms with van der Waals surface area (Å²) in [5.41, 5.74) is 3.70. The first-order chi connectivity index (χ1) is 13.2. The van der Waals surface area contributed by atoms with E-state index < -0.39 is 5.54 Å². The van der Waals surface area contributed by atoms with Crippen molar-refractivity contribution in [2.75, 3.05) is 13.1 Å². The van der Waals surface area contributed by atoms with E-state index in [9.17, 15) is 15.0 Å². The van der Waals surface area contributed by atoms with Crippen LogP contribution in [-0.2, 0) is 10.3 Å². The van der Waals surface area contributed by atoms with E-state index in [4.69, 9.17) is 0 Å². The van der Waals surface area contributed by atoms with Crippen LogP contribution in [0.25, 0.3) is 0 Å². The number of aromatic hydroxyl groups is 2. The number of carbonyl (C=O) groups is 1. The van der Waals surface area contributed by atoms with Crippen molar-refractivity contribution in [2.24, 2.45) is 0 Å². The second-order valence-corrected chi connectivity index (χ2v) is 8.39. The summed E-state index contributed by atoms with van der Waals surface area (Å²) >= 11 is 0. The molecule has 1 saturated heterocycles. The normalized spacial score (nSPS) is 17.0. The van der Waals surface area contributed by atoms with Crippen LogP contribution in [0.15, 0.2) is 24.3 Å². The minimum absolute atomic E-state index is 0.0665. The third kappa shape index (κ3) is 2.58. The van der Waals surface area contributed by atoms with Crippen LogP contribution in [-0.4, -0.2) is 33.7 Å². The van der Waals surface area contributed by atoms with Crippen molar-refractivity contribution in [2.45, 2.75) is 59.9 Å². The molecule has 1 heterocycles.